The second kappa shape index (κ2) is 38.7. The van der Waals surface area contributed by atoms with Crippen LogP contribution in [0.3, 0.4) is 0 Å². The highest BCUT2D eigenvalue weighted by Crippen LogP contribution is 2.23. The molecule has 6 rings (SSSR count). The maximum Gasteiger partial charge on any atom is 0.245 e. The number of phenols is 1. The highest BCUT2D eigenvalue weighted by atomic mass is 125. The van der Waals surface area contributed by atoms with Crippen LogP contribution in [0.25, 0.3) is 0 Å². The fourth-order valence-electron chi connectivity index (χ4n) is 10.9. The Labute approximate surface area is 584 Å². The number of phenolic OH excluding ortho intramolecular Hbond substituents is 1. The van der Waals surface area contributed by atoms with E-state index < -0.39 is 139 Å². The van der Waals surface area contributed by atoms with E-state index in [-0.39, 0.29) is 101 Å². The molecular formula is C68H84IN17O13. The number of hydrogen-bond acceptors (Lipinski definition) is 15. The molecule has 5 aromatic carbocycles. The normalized spacial score (nSPS) is 14.5. The Morgan fingerprint density at radius 3 is 1.51 bits per heavy atom. The first-order valence-corrected chi connectivity index (χ1v) is 33.0. The van der Waals surface area contributed by atoms with Gasteiger partial charge in [-0.05, 0) is 102 Å². The lowest BCUT2D eigenvalue weighted by Crippen LogP contribution is -2.61. The van der Waals surface area contributed by atoms with E-state index in [2.05, 4.69) is 47.9 Å². The molecule has 0 unspecified atom stereocenters. The number of carbonyl (C=O) groups excluding carboxylic acids is 12. The third kappa shape index (κ3) is 25.5. The minimum Gasteiger partial charge on any atom is -0.507 e. The molecule has 1 aliphatic rings. The predicted octanol–water partition coefficient (Wildman–Crippen LogP) is -0.964. The molecule has 1 heterocycles. The first-order valence-electron chi connectivity index (χ1n) is 31.9. The number of amides is 11. The maximum absolute atomic E-state index is 14.8. The minimum absolute atomic E-state index is 0.00778. The highest BCUT2D eigenvalue weighted by molar-refractivity contribution is 14.1. The number of benzene rings is 5. The van der Waals surface area contributed by atoms with E-state index in [1.54, 1.807) is 127 Å². The molecule has 0 radical (unpaired) electrons. The van der Waals surface area contributed by atoms with Gasteiger partial charge in [0.2, 0.25) is 65.0 Å². The first-order chi connectivity index (χ1) is 47.2. The molecule has 1 fully saturated rings. The summed E-state index contributed by atoms with van der Waals surface area (Å²) in [5.74, 6) is -11.0. The number of nitrogens with one attached hydrogen (secondary N) is 11. The summed E-state index contributed by atoms with van der Waals surface area (Å²) in [5, 5.41) is 48.8. The number of carbonyl (C=O) groups is 12. The summed E-state index contributed by atoms with van der Waals surface area (Å²) in [6.07, 6.45) is -2.11. The highest BCUT2D eigenvalue weighted by Gasteiger charge is 2.41. The molecule has 0 aromatic heterocycles. The van der Waals surface area contributed by atoms with Crippen molar-refractivity contribution in [2.75, 3.05) is 19.6 Å². The third-order valence-electron chi connectivity index (χ3n) is 16.0. The fraction of sp³-hybridized carbons (Fsp3) is 0.353. The maximum atomic E-state index is 14.8. The fourth-order valence-corrected chi connectivity index (χ4v) is 11.5. The van der Waals surface area contributed by atoms with Crippen LogP contribution in [0.5, 0.6) is 5.75 Å². The van der Waals surface area contributed by atoms with Crippen molar-refractivity contribution in [2.24, 2.45) is 28.7 Å². The number of nitrogens with zero attached hydrogens (tertiary/aromatic N) is 1. The molecule has 8 atom stereocenters. The van der Waals surface area contributed by atoms with Crippen LogP contribution in [-0.4, -0.2) is 161 Å². The standard InChI is InChI=1S/C68H84IN17O13/c69-45-33-42(24-28-54(45)87)36-49(59(72)92)83-60(93)46(19-10-30-77-67(73)74)81-65(98)53-21-12-32-86(53)66(99)48(20-11-31-78-68(75)76)82-64(97)52(38-56(71)89)85-61(94)47(27-29-55(70)88)80-63(96)51(34-39-13-4-1-5-14-39)84-62(95)50(79-57(90)37-40-15-6-2-7-16-40)35-41-22-25-44(26-23-41)58(91)43-17-8-3-9-18-43/h1-9,13-18,22-26,28,33,46-53,87H,10-12,19-21,27,29-32,34-38H2,(H2,70,88)(H2,71,89)(H2,72,92)(H,79,90)(H,80,96)(H,81,98)(H,82,97)(H,83,93)(H,84,95)(H,85,94)(H4,73,74,77)(H4,75,76,78)/t46-,47-,48-,49-,50+,51-,52-,53-/m0/s1/i69-2. The number of halogens is 1. The lowest BCUT2D eigenvalue weighted by molar-refractivity contribution is -0.143. The second-order valence-electron chi connectivity index (χ2n) is 23.7. The number of rotatable bonds is 38. The summed E-state index contributed by atoms with van der Waals surface area (Å²) in [4.78, 5) is 168. The number of likely N-dealkylation sites (tertiary alicyclic amines) is 1. The van der Waals surface area contributed by atoms with Gasteiger partial charge in [0, 0.05) is 56.4 Å². The van der Waals surface area contributed by atoms with E-state index in [1.165, 1.54) is 11.0 Å². The van der Waals surface area contributed by atoms with Gasteiger partial charge in [-0.1, -0.05) is 121 Å². The molecule has 526 valence electrons. The largest absolute Gasteiger partial charge is 0.507 e. The Bertz CT molecular complexity index is 3700. The van der Waals surface area contributed by atoms with Crippen molar-refractivity contribution >= 4 is 105 Å². The molecule has 30 nitrogen and oxygen atoms in total. The van der Waals surface area contributed by atoms with Gasteiger partial charge < -0.3 is 86.5 Å². The molecule has 1 aliphatic heterocycles. The van der Waals surface area contributed by atoms with Crippen LogP contribution in [0, 0.1) is 14.4 Å². The molecular weight excluding hydrogens is 1390 g/mol. The van der Waals surface area contributed by atoms with Gasteiger partial charge in [-0.3, -0.25) is 68.4 Å². The third-order valence-corrected chi connectivity index (χ3v) is 16.8. The molecule has 5 aromatic rings. The molecule has 11 amide bonds. The van der Waals surface area contributed by atoms with E-state index in [4.69, 9.17) is 39.5 Å². The van der Waals surface area contributed by atoms with Gasteiger partial charge in [-0.15, -0.1) is 0 Å². The number of guanidine groups is 2. The Balaban J connectivity index is 1.23. The molecule has 22 N–H and O–H groups in total. The van der Waals surface area contributed by atoms with E-state index >= 15 is 0 Å². The summed E-state index contributed by atoms with van der Waals surface area (Å²) in [6, 6.07) is 24.9. The topological polar surface area (TPSA) is 514 Å². The Morgan fingerprint density at radius 2 is 0.949 bits per heavy atom. The smallest absolute Gasteiger partial charge is 0.245 e. The van der Waals surface area contributed by atoms with Crippen LogP contribution in [0.4, 0.5) is 0 Å². The molecule has 1 saturated heterocycles. The molecule has 0 saturated carbocycles. The molecule has 99 heavy (non-hydrogen) atoms. The molecule has 0 spiro atoms. The van der Waals surface area contributed by atoms with Crippen molar-refractivity contribution in [3.05, 3.63) is 170 Å². The van der Waals surface area contributed by atoms with Gasteiger partial charge in [-0.2, -0.15) is 0 Å². The number of nitrogens with two attached hydrogens (primary N) is 5. The van der Waals surface area contributed by atoms with Crippen molar-refractivity contribution in [3.63, 3.8) is 0 Å². The summed E-state index contributed by atoms with van der Waals surface area (Å²) >= 11 is 1.89. The monoisotopic (exact) mass is 1470 g/mol. The van der Waals surface area contributed by atoms with E-state index in [0.29, 0.717) is 37.0 Å². The molecule has 31 heteroatoms. The van der Waals surface area contributed by atoms with Crippen molar-refractivity contribution < 1.29 is 62.6 Å². The van der Waals surface area contributed by atoms with Crippen molar-refractivity contribution in [3.8, 4) is 5.75 Å². The van der Waals surface area contributed by atoms with Gasteiger partial charge in [-0.25, -0.2) is 0 Å². The van der Waals surface area contributed by atoms with Crippen molar-refractivity contribution in [1.82, 2.24) is 52.8 Å². The SMILES string of the molecule is N=C(N)NCCC[C@H](NC(=O)[C@@H]1CCCN1C(=O)[C@H](CCCNC(=N)N)NC(=O)[C@H](CC(N)=O)NC(=O)[C@H](CCC(N)=O)NC(=O)[C@H](Cc1ccccc1)NC(=O)[C@@H](Cc1ccc(C(=O)c2ccccc2)cc1)NC(=O)Cc1ccccc1)C(=O)N[C@@H](Cc1ccc(O)c([125I])c1)C(N)=O. The van der Waals surface area contributed by atoms with Crippen LogP contribution in [-0.2, 0) is 78.4 Å². The zero-order chi connectivity index (χ0) is 72.1. The van der Waals surface area contributed by atoms with Gasteiger partial charge in [0.25, 0.3) is 0 Å². The number of aromatic hydroxyl groups is 1. The summed E-state index contributed by atoms with van der Waals surface area (Å²) in [5.41, 5.74) is 31.0. The van der Waals surface area contributed by atoms with Crippen molar-refractivity contribution in [2.45, 2.75) is 132 Å². The van der Waals surface area contributed by atoms with Crippen LogP contribution < -0.4 is 76.5 Å². The van der Waals surface area contributed by atoms with Gasteiger partial charge in [0.05, 0.1) is 16.4 Å². The lowest BCUT2D eigenvalue weighted by Gasteiger charge is -2.31. The van der Waals surface area contributed by atoms with Crippen LogP contribution in [0.15, 0.2) is 133 Å². The van der Waals surface area contributed by atoms with Crippen molar-refractivity contribution in [1.29, 1.82) is 10.8 Å². The van der Waals surface area contributed by atoms with Gasteiger partial charge >= 0.3 is 0 Å². The zero-order valence-electron chi connectivity index (χ0n) is 54.2. The van der Waals surface area contributed by atoms with Crippen LogP contribution in [0.1, 0.15) is 96.0 Å². The molecule has 0 aliphatic carbocycles. The molecule has 0 bridgehead atoms. The number of hydrogen-bond donors (Lipinski definition) is 17. The Morgan fingerprint density at radius 1 is 0.495 bits per heavy atom. The average Bonchev–Trinajstić information content (AvgIpc) is 1.82. The Kier molecular flexibility index (Phi) is 30.1. The van der Waals surface area contributed by atoms with E-state index in [0.717, 1.165) is 0 Å². The lowest BCUT2D eigenvalue weighted by atomic mass is 9.98. The average molecular weight is 1470 g/mol. The van der Waals surface area contributed by atoms with Gasteiger partial charge in [0.1, 0.15) is 54.1 Å². The van der Waals surface area contributed by atoms with Crippen LogP contribution >= 0.6 is 22.6 Å². The predicted molar refractivity (Wildman–Crippen MR) is 373 cm³/mol. The number of ketones is 1. The summed E-state index contributed by atoms with van der Waals surface area (Å²) < 4.78 is 0.470. The summed E-state index contributed by atoms with van der Waals surface area (Å²) in [6.45, 7) is 0.0777. The minimum atomic E-state index is -1.88. The first kappa shape index (κ1) is 77.0. The second-order valence-corrected chi connectivity index (χ2v) is 24.8. The van der Waals surface area contributed by atoms with Gasteiger partial charge in [0.15, 0.2) is 17.7 Å². The summed E-state index contributed by atoms with van der Waals surface area (Å²) in [7, 11) is 0. The Hall–Kier alpha value is -11.0. The quantitative estimate of drug-likeness (QED) is 0.00744. The van der Waals surface area contributed by atoms with Crippen LogP contribution in [0.2, 0.25) is 0 Å². The zero-order valence-corrected chi connectivity index (χ0v) is 56.3. The van der Waals surface area contributed by atoms with E-state index in [9.17, 15) is 62.6 Å². The van der Waals surface area contributed by atoms with E-state index in [1.807, 2.05) is 22.6 Å². The number of primary amides is 3.